The van der Waals surface area contributed by atoms with Gasteiger partial charge in [-0.2, -0.15) is 0 Å². The van der Waals surface area contributed by atoms with Crippen LogP contribution in [0.5, 0.6) is 0 Å². The fourth-order valence-electron chi connectivity index (χ4n) is 0.500. The summed E-state index contributed by atoms with van der Waals surface area (Å²) in [6, 6.07) is 0. The van der Waals surface area contributed by atoms with E-state index < -0.39 is 5.97 Å². The fraction of sp³-hybridized carbons (Fsp3) is 0.571. The van der Waals surface area contributed by atoms with Crippen molar-refractivity contribution >= 4 is 5.97 Å². The van der Waals surface area contributed by atoms with Gasteiger partial charge in [0.15, 0.2) is 0 Å². The normalized spacial score (nSPS) is 21.0. The highest BCUT2D eigenvalue weighted by molar-refractivity contribution is 5.87. The van der Waals surface area contributed by atoms with E-state index in [1.54, 1.807) is 0 Å². The first-order valence-corrected chi connectivity index (χ1v) is 3.31. The van der Waals surface area contributed by atoms with Crippen LogP contribution in [0.4, 0.5) is 0 Å². The Kier molecular flexibility index (Phi) is 2.62. The predicted octanol–water partition coefficient (Wildman–Crippen LogP) is -0.523. The Morgan fingerprint density at radius 3 is 2.91 bits per heavy atom. The maximum absolute atomic E-state index is 10.8. The first kappa shape index (κ1) is 8.23. The molecule has 1 saturated heterocycles. The van der Waals surface area contributed by atoms with Gasteiger partial charge in [-0.1, -0.05) is 6.58 Å². The van der Waals surface area contributed by atoms with E-state index in [9.17, 15) is 4.79 Å². The zero-order chi connectivity index (χ0) is 8.27. The van der Waals surface area contributed by atoms with Gasteiger partial charge < -0.3 is 14.6 Å². The highest BCUT2D eigenvalue weighted by Gasteiger charge is 2.24. The summed E-state index contributed by atoms with van der Waals surface area (Å²) in [7, 11) is 0. The lowest BCUT2D eigenvalue weighted by Gasteiger charge is -2.01. The average Bonchev–Trinajstić information content (AvgIpc) is 2.81. The monoisotopic (exact) mass is 158 g/mol. The Balaban J connectivity index is 2.13. The molecule has 1 rings (SSSR count). The molecule has 1 N–H and O–H groups in total. The number of carbonyl (C=O) groups excluding carboxylic acids is 1. The van der Waals surface area contributed by atoms with Gasteiger partial charge in [-0.3, -0.25) is 0 Å². The summed E-state index contributed by atoms with van der Waals surface area (Å²) in [5.41, 5.74) is 0.0747. The zero-order valence-corrected chi connectivity index (χ0v) is 6.08. The Morgan fingerprint density at radius 2 is 2.45 bits per heavy atom. The lowest BCUT2D eigenvalue weighted by molar-refractivity contribution is -0.139. The molecule has 0 aromatic heterocycles. The van der Waals surface area contributed by atoms with Gasteiger partial charge in [-0.15, -0.1) is 0 Å². The van der Waals surface area contributed by atoms with E-state index in [0.29, 0.717) is 6.61 Å². The van der Waals surface area contributed by atoms with E-state index in [4.69, 9.17) is 14.6 Å². The predicted molar refractivity (Wildman–Crippen MR) is 36.9 cm³/mol. The molecule has 4 heteroatoms. The first-order chi connectivity index (χ1) is 5.24. The summed E-state index contributed by atoms with van der Waals surface area (Å²) >= 11 is 0. The summed E-state index contributed by atoms with van der Waals surface area (Å²) in [4.78, 5) is 10.8. The third-order valence-electron chi connectivity index (χ3n) is 1.28. The fourth-order valence-corrected chi connectivity index (χ4v) is 0.500. The van der Waals surface area contributed by atoms with Gasteiger partial charge in [0.1, 0.15) is 12.7 Å². The van der Waals surface area contributed by atoms with Gasteiger partial charge >= 0.3 is 5.97 Å². The summed E-state index contributed by atoms with van der Waals surface area (Å²) in [5, 5.41) is 8.45. The molecule has 1 unspecified atom stereocenters. The number of rotatable bonds is 4. The average molecular weight is 158 g/mol. The molecule has 0 bridgehead atoms. The molecule has 0 spiro atoms. The summed E-state index contributed by atoms with van der Waals surface area (Å²) in [6.07, 6.45) is 0.0606. The van der Waals surface area contributed by atoms with E-state index >= 15 is 0 Å². The number of carbonyl (C=O) groups is 1. The van der Waals surface area contributed by atoms with Crippen LogP contribution >= 0.6 is 0 Å². The molecule has 1 fully saturated rings. The second-order valence-electron chi connectivity index (χ2n) is 2.32. The zero-order valence-electron chi connectivity index (χ0n) is 6.08. The van der Waals surface area contributed by atoms with Crippen molar-refractivity contribution in [2.45, 2.75) is 6.10 Å². The Morgan fingerprint density at radius 1 is 1.82 bits per heavy atom. The second kappa shape index (κ2) is 3.50. The topological polar surface area (TPSA) is 59.1 Å². The molecule has 1 atom stereocenters. The molecule has 0 aromatic rings. The van der Waals surface area contributed by atoms with Crippen molar-refractivity contribution in [1.29, 1.82) is 0 Å². The molecule has 62 valence electrons. The molecule has 1 heterocycles. The van der Waals surface area contributed by atoms with Crippen molar-refractivity contribution in [1.82, 2.24) is 0 Å². The number of esters is 1. The van der Waals surface area contributed by atoms with Crippen LogP contribution in [0.25, 0.3) is 0 Å². The van der Waals surface area contributed by atoms with Gasteiger partial charge in [0, 0.05) is 0 Å². The van der Waals surface area contributed by atoms with E-state index in [2.05, 4.69) is 6.58 Å². The van der Waals surface area contributed by atoms with Crippen LogP contribution in [-0.2, 0) is 14.3 Å². The summed E-state index contributed by atoms with van der Waals surface area (Å²) in [5.74, 6) is -0.553. The molecule has 4 nitrogen and oxygen atoms in total. The van der Waals surface area contributed by atoms with Crippen molar-refractivity contribution in [3.63, 3.8) is 0 Å². The standard InChI is InChI=1S/C7H10O4/c1-5(2-8)7(9)11-4-6-3-10-6/h6,8H,1-4H2. The largest absolute Gasteiger partial charge is 0.459 e. The van der Waals surface area contributed by atoms with Crippen molar-refractivity contribution in [3.05, 3.63) is 12.2 Å². The highest BCUT2D eigenvalue weighted by Crippen LogP contribution is 2.09. The Labute approximate surface area is 64.4 Å². The first-order valence-electron chi connectivity index (χ1n) is 3.31. The number of aliphatic hydroxyl groups is 1. The smallest absolute Gasteiger partial charge is 0.335 e. The van der Waals surface area contributed by atoms with Crippen molar-refractivity contribution in [2.75, 3.05) is 19.8 Å². The number of aliphatic hydroxyl groups excluding tert-OH is 1. The molecule has 1 aliphatic rings. The maximum atomic E-state index is 10.8. The Hall–Kier alpha value is -0.870. The third kappa shape index (κ3) is 2.69. The van der Waals surface area contributed by atoms with E-state index in [1.807, 2.05) is 0 Å². The van der Waals surface area contributed by atoms with Crippen LogP contribution in [0.2, 0.25) is 0 Å². The maximum Gasteiger partial charge on any atom is 0.335 e. The lowest BCUT2D eigenvalue weighted by Crippen LogP contribution is -2.13. The molecule has 0 aromatic carbocycles. The molecular formula is C7H10O4. The van der Waals surface area contributed by atoms with Crippen LogP contribution in [0.3, 0.4) is 0 Å². The lowest BCUT2D eigenvalue weighted by atomic mass is 10.3. The number of hydrogen-bond donors (Lipinski definition) is 1. The van der Waals surface area contributed by atoms with Gasteiger partial charge in [0.25, 0.3) is 0 Å². The van der Waals surface area contributed by atoms with Crippen LogP contribution in [0.15, 0.2) is 12.2 Å². The van der Waals surface area contributed by atoms with Gasteiger partial charge in [0.05, 0.1) is 18.8 Å². The van der Waals surface area contributed by atoms with Crippen molar-refractivity contribution < 1.29 is 19.4 Å². The second-order valence-corrected chi connectivity index (χ2v) is 2.32. The van der Waals surface area contributed by atoms with E-state index in [1.165, 1.54) is 0 Å². The van der Waals surface area contributed by atoms with Gasteiger partial charge in [-0.05, 0) is 0 Å². The molecule has 0 aliphatic carbocycles. The van der Waals surface area contributed by atoms with Crippen LogP contribution in [-0.4, -0.2) is 37.0 Å². The van der Waals surface area contributed by atoms with E-state index in [0.717, 1.165) is 0 Å². The minimum atomic E-state index is -0.553. The summed E-state index contributed by atoms with van der Waals surface area (Å²) < 4.78 is 9.50. The van der Waals surface area contributed by atoms with Crippen molar-refractivity contribution in [2.24, 2.45) is 0 Å². The molecule has 0 amide bonds. The number of epoxide rings is 1. The van der Waals surface area contributed by atoms with E-state index in [-0.39, 0.29) is 24.9 Å². The number of hydrogen-bond acceptors (Lipinski definition) is 4. The summed E-state index contributed by atoms with van der Waals surface area (Å²) in [6.45, 7) is 3.86. The van der Waals surface area contributed by atoms with Crippen molar-refractivity contribution in [3.8, 4) is 0 Å². The quantitative estimate of drug-likeness (QED) is 0.339. The van der Waals surface area contributed by atoms with Crippen LogP contribution < -0.4 is 0 Å². The Bertz CT molecular complexity index is 171. The molecule has 11 heavy (non-hydrogen) atoms. The SMILES string of the molecule is C=C(CO)C(=O)OCC1CO1. The highest BCUT2D eigenvalue weighted by atomic mass is 16.6. The van der Waals surface area contributed by atoms with Gasteiger partial charge in [-0.25, -0.2) is 4.79 Å². The molecule has 0 saturated carbocycles. The van der Waals surface area contributed by atoms with Gasteiger partial charge in [0.2, 0.25) is 0 Å². The molecular weight excluding hydrogens is 148 g/mol. The third-order valence-corrected chi connectivity index (χ3v) is 1.28. The molecule has 1 aliphatic heterocycles. The minimum Gasteiger partial charge on any atom is -0.459 e. The van der Waals surface area contributed by atoms with Crippen LogP contribution in [0, 0.1) is 0 Å². The molecule has 0 radical (unpaired) electrons. The minimum absolute atomic E-state index is 0.0606. The number of ether oxygens (including phenoxy) is 2. The van der Waals surface area contributed by atoms with Crippen LogP contribution in [0.1, 0.15) is 0 Å².